The van der Waals surface area contributed by atoms with Crippen LogP contribution in [0.5, 0.6) is 0 Å². The van der Waals surface area contributed by atoms with Crippen molar-refractivity contribution < 1.29 is 4.39 Å². The van der Waals surface area contributed by atoms with Crippen molar-refractivity contribution >= 4 is 5.65 Å². The number of hydrogen-bond acceptors (Lipinski definition) is 3. The molecule has 0 fully saturated rings. The third-order valence-corrected chi connectivity index (χ3v) is 2.62. The van der Waals surface area contributed by atoms with E-state index in [1.54, 1.807) is 24.1 Å². The van der Waals surface area contributed by atoms with Gasteiger partial charge in [0.15, 0.2) is 0 Å². The zero-order valence-corrected chi connectivity index (χ0v) is 9.54. The van der Waals surface area contributed by atoms with Gasteiger partial charge in [0.2, 0.25) is 0 Å². The van der Waals surface area contributed by atoms with Gasteiger partial charge in [-0.25, -0.2) is 9.37 Å². The van der Waals surface area contributed by atoms with E-state index in [2.05, 4.69) is 10.1 Å². The summed E-state index contributed by atoms with van der Waals surface area (Å²) < 4.78 is 15.8. The Hall–Kier alpha value is -2.50. The molecule has 90 valence electrons. The minimum Gasteiger partial charge on any atom is -0.275 e. The number of rotatable bonds is 1. The minimum atomic E-state index is -0.472. The highest BCUT2D eigenvalue weighted by atomic mass is 19.1. The molecule has 0 unspecified atom stereocenters. The third kappa shape index (κ3) is 1.67. The Morgan fingerprint density at radius 2 is 2.11 bits per heavy atom. The molecule has 0 aliphatic carbocycles. The lowest BCUT2D eigenvalue weighted by Crippen LogP contribution is -2.14. The van der Waals surface area contributed by atoms with Gasteiger partial charge in [-0.1, -0.05) is 0 Å². The normalized spacial score (nSPS) is 11.0. The van der Waals surface area contributed by atoms with Crippen LogP contribution in [0.25, 0.3) is 16.9 Å². The summed E-state index contributed by atoms with van der Waals surface area (Å²) in [5.74, 6) is -0.472. The maximum atomic E-state index is 13.0. The standard InChI is InChI=1S/C12H9FN4O/c1-16-6-8(5-14-16)10-4-12(18)17-7-9(13)2-3-11(17)15-10/h2-7H,1H3. The molecule has 3 aromatic heterocycles. The van der Waals surface area contributed by atoms with Gasteiger partial charge in [0.25, 0.3) is 5.56 Å². The van der Waals surface area contributed by atoms with Crippen molar-refractivity contribution in [3.05, 3.63) is 53.0 Å². The highest BCUT2D eigenvalue weighted by molar-refractivity contribution is 5.59. The van der Waals surface area contributed by atoms with Crippen molar-refractivity contribution in [3.8, 4) is 11.3 Å². The number of aryl methyl sites for hydroxylation is 1. The second kappa shape index (κ2) is 3.76. The fourth-order valence-corrected chi connectivity index (χ4v) is 1.78. The van der Waals surface area contributed by atoms with Crippen LogP contribution >= 0.6 is 0 Å². The molecule has 0 aliphatic heterocycles. The fraction of sp³-hybridized carbons (Fsp3) is 0.0833. The van der Waals surface area contributed by atoms with Crippen LogP contribution in [0.15, 0.2) is 41.6 Å². The fourth-order valence-electron chi connectivity index (χ4n) is 1.78. The molecule has 0 saturated heterocycles. The van der Waals surface area contributed by atoms with Crippen LogP contribution in [0.1, 0.15) is 0 Å². The van der Waals surface area contributed by atoms with E-state index >= 15 is 0 Å². The molecule has 0 aliphatic rings. The molecule has 0 saturated carbocycles. The van der Waals surface area contributed by atoms with E-state index in [4.69, 9.17) is 0 Å². The van der Waals surface area contributed by atoms with Gasteiger partial charge < -0.3 is 0 Å². The molecule has 0 amide bonds. The van der Waals surface area contributed by atoms with E-state index in [1.807, 2.05) is 0 Å². The van der Waals surface area contributed by atoms with Crippen LogP contribution in [0.4, 0.5) is 4.39 Å². The average molecular weight is 244 g/mol. The zero-order valence-electron chi connectivity index (χ0n) is 9.54. The van der Waals surface area contributed by atoms with Gasteiger partial charge in [0, 0.05) is 31.1 Å². The van der Waals surface area contributed by atoms with Gasteiger partial charge in [0.1, 0.15) is 11.5 Å². The molecule has 0 aromatic carbocycles. The lowest BCUT2D eigenvalue weighted by atomic mass is 10.2. The van der Waals surface area contributed by atoms with E-state index < -0.39 is 5.82 Å². The van der Waals surface area contributed by atoms with Crippen molar-refractivity contribution in [2.24, 2.45) is 7.05 Å². The Morgan fingerprint density at radius 3 is 2.83 bits per heavy atom. The first-order valence-electron chi connectivity index (χ1n) is 5.31. The summed E-state index contributed by atoms with van der Waals surface area (Å²) >= 11 is 0. The van der Waals surface area contributed by atoms with Crippen LogP contribution in [0.3, 0.4) is 0 Å². The van der Waals surface area contributed by atoms with E-state index in [0.717, 1.165) is 11.8 Å². The summed E-state index contributed by atoms with van der Waals surface area (Å²) in [5, 5.41) is 4.02. The summed E-state index contributed by atoms with van der Waals surface area (Å²) in [4.78, 5) is 16.2. The number of nitrogens with zero attached hydrogens (tertiary/aromatic N) is 4. The van der Waals surface area contributed by atoms with Crippen molar-refractivity contribution in [1.82, 2.24) is 19.2 Å². The molecule has 6 heteroatoms. The smallest absolute Gasteiger partial charge is 0.258 e. The van der Waals surface area contributed by atoms with E-state index in [1.165, 1.54) is 22.6 Å². The number of pyridine rings is 1. The van der Waals surface area contributed by atoms with Gasteiger partial charge in [0.05, 0.1) is 11.9 Å². The predicted octanol–water partition coefficient (Wildman–Crippen LogP) is 1.23. The average Bonchev–Trinajstić information content (AvgIpc) is 2.77. The molecule has 5 nitrogen and oxygen atoms in total. The molecule has 0 bridgehead atoms. The van der Waals surface area contributed by atoms with Gasteiger partial charge in [-0.3, -0.25) is 13.9 Å². The number of halogens is 1. The largest absolute Gasteiger partial charge is 0.275 e. The Morgan fingerprint density at radius 1 is 1.28 bits per heavy atom. The highest BCUT2D eigenvalue weighted by Crippen LogP contribution is 2.14. The Bertz CT molecular complexity index is 790. The van der Waals surface area contributed by atoms with Crippen LogP contribution in [0.2, 0.25) is 0 Å². The van der Waals surface area contributed by atoms with Crippen molar-refractivity contribution in [1.29, 1.82) is 0 Å². The number of fused-ring (bicyclic) bond motifs is 1. The predicted molar refractivity (Wildman–Crippen MR) is 63.6 cm³/mol. The van der Waals surface area contributed by atoms with Gasteiger partial charge in [-0.05, 0) is 12.1 Å². The topological polar surface area (TPSA) is 52.2 Å². The number of aromatic nitrogens is 4. The zero-order chi connectivity index (χ0) is 12.7. The molecule has 18 heavy (non-hydrogen) atoms. The van der Waals surface area contributed by atoms with Gasteiger partial charge in [-0.15, -0.1) is 0 Å². The molecular weight excluding hydrogens is 235 g/mol. The van der Waals surface area contributed by atoms with E-state index in [-0.39, 0.29) is 5.56 Å². The lowest BCUT2D eigenvalue weighted by molar-refractivity contribution is 0.617. The summed E-state index contributed by atoms with van der Waals surface area (Å²) in [6.07, 6.45) is 4.52. The second-order valence-corrected chi connectivity index (χ2v) is 3.96. The first kappa shape index (κ1) is 10.6. The highest BCUT2D eigenvalue weighted by Gasteiger charge is 2.06. The summed E-state index contributed by atoms with van der Waals surface area (Å²) in [7, 11) is 1.78. The summed E-state index contributed by atoms with van der Waals surface area (Å²) in [6, 6.07) is 4.11. The quantitative estimate of drug-likeness (QED) is 0.647. The monoisotopic (exact) mass is 244 g/mol. The molecule has 3 heterocycles. The van der Waals surface area contributed by atoms with E-state index in [0.29, 0.717) is 11.3 Å². The van der Waals surface area contributed by atoms with Gasteiger partial charge in [-0.2, -0.15) is 5.10 Å². The third-order valence-electron chi connectivity index (χ3n) is 2.62. The van der Waals surface area contributed by atoms with Crippen molar-refractivity contribution in [2.45, 2.75) is 0 Å². The minimum absolute atomic E-state index is 0.321. The first-order valence-corrected chi connectivity index (χ1v) is 5.31. The Balaban J connectivity index is 2.28. The Labute approximate surface area is 101 Å². The van der Waals surface area contributed by atoms with Crippen molar-refractivity contribution in [2.75, 3.05) is 0 Å². The summed E-state index contributed by atoms with van der Waals surface area (Å²) in [6.45, 7) is 0. The molecule has 0 radical (unpaired) electrons. The molecule has 0 atom stereocenters. The molecule has 0 spiro atoms. The van der Waals surface area contributed by atoms with Gasteiger partial charge >= 0.3 is 0 Å². The summed E-state index contributed by atoms with van der Waals surface area (Å²) in [5.41, 5.74) is 1.36. The molecular formula is C12H9FN4O. The molecule has 0 N–H and O–H groups in total. The lowest BCUT2D eigenvalue weighted by Gasteiger charge is -2.02. The van der Waals surface area contributed by atoms with Crippen LogP contribution in [-0.2, 0) is 7.05 Å². The maximum Gasteiger partial charge on any atom is 0.258 e. The Kier molecular flexibility index (Phi) is 2.22. The van der Waals surface area contributed by atoms with Crippen LogP contribution in [0, 0.1) is 5.82 Å². The number of hydrogen-bond donors (Lipinski definition) is 0. The molecule has 3 aromatic rings. The van der Waals surface area contributed by atoms with Crippen LogP contribution in [-0.4, -0.2) is 19.2 Å². The second-order valence-electron chi connectivity index (χ2n) is 3.96. The SMILES string of the molecule is Cn1cc(-c2cc(=O)n3cc(F)ccc3n2)cn1. The first-order chi connectivity index (χ1) is 8.63. The maximum absolute atomic E-state index is 13.0. The van der Waals surface area contributed by atoms with E-state index in [9.17, 15) is 9.18 Å². The molecule has 3 rings (SSSR count). The van der Waals surface area contributed by atoms with Crippen molar-refractivity contribution in [3.63, 3.8) is 0 Å². The van der Waals surface area contributed by atoms with Crippen LogP contribution < -0.4 is 5.56 Å².